The summed E-state index contributed by atoms with van der Waals surface area (Å²) in [5.74, 6) is -0.0858. The van der Waals surface area contributed by atoms with Crippen LogP contribution in [0.5, 0.6) is 0 Å². The van der Waals surface area contributed by atoms with E-state index in [1.165, 1.54) is 29.7 Å². The van der Waals surface area contributed by atoms with E-state index in [1.807, 2.05) is 54.6 Å². The van der Waals surface area contributed by atoms with Crippen LogP contribution in [0.3, 0.4) is 0 Å². The summed E-state index contributed by atoms with van der Waals surface area (Å²) in [5, 5.41) is 5.26. The van der Waals surface area contributed by atoms with Crippen molar-refractivity contribution in [2.24, 2.45) is 0 Å². The van der Waals surface area contributed by atoms with Crippen LogP contribution in [0, 0.1) is 5.82 Å². The van der Waals surface area contributed by atoms with Crippen molar-refractivity contribution in [2.75, 3.05) is 19.6 Å². The third-order valence-corrected chi connectivity index (χ3v) is 8.04. The highest BCUT2D eigenvalue weighted by molar-refractivity contribution is 7.09. The van der Waals surface area contributed by atoms with Crippen LogP contribution < -0.4 is 5.32 Å². The number of hydrogen-bond acceptors (Lipinski definition) is 8. The largest absolute Gasteiger partial charge is 0.461 e. The van der Waals surface area contributed by atoms with Crippen LogP contribution in [-0.2, 0) is 35.5 Å². The van der Waals surface area contributed by atoms with Gasteiger partial charge in [0.2, 0.25) is 0 Å². The van der Waals surface area contributed by atoms with Crippen molar-refractivity contribution in [1.29, 1.82) is 0 Å². The summed E-state index contributed by atoms with van der Waals surface area (Å²) in [7, 11) is 0. The molecule has 44 heavy (non-hydrogen) atoms. The van der Waals surface area contributed by atoms with Crippen LogP contribution in [0.2, 0.25) is 0 Å². The van der Waals surface area contributed by atoms with Crippen molar-refractivity contribution < 1.29 is 18.7 Å². The Morgan fingerprint density at radius 3 is 2.59 bits per heavy atom. The second-order valence-electron chi connectivity index (χ2n) is 10.4. The smallest absolute Gasteiger partial charge is 0.306 e. The number of esters is 1. The SMILES string of the molecule is O=C(CCCCN(CCc1nc2ccccc2[nH]1)CCc1nc(C(=O)NCc2ncccc2F)cs1)OCc1ccccc1. The van der Waals surface area contributed by atoms with Crippen LogP contribution >= 0.6 is 11.3 Å². The number of aromatic amines is 1. The maximum Gasteiger partial charge on any atom is 0.306 e. The summed E-state index contributed by atoms with van der Waals surface area (Å²) in [5.41, 5.74) is 3.43. The first-order valence-corrected chi connectivity index (χ1v) is 15.6. The molecule has 9 nitrogen and oxygen atoms in total. The molecule has 0 saturated heterocycles. The monoisotopic (exact) mass is 614 g/mol. The Kier molecular flexibility index (Phi) is 11.1. The van der Waals surface area contributed by atoms with E-state index in [0.717, 1.165) is 66.3 Å². The molecule has 5 rings (SSSR count). The minimum absolute atomic E-state index is 0.00622. The third kappa shape index (κ3) is 9.26. The van der Waals surface area contributed by atoms with Crippen molar-refractivity contribution >= 4 is 34.2 Å². The van der Waals surface area contributed by atoms with Crippen LogP contribution in [0.1, 0.15) is 51.8 Å². The molecule has 0 saturated carbocycles. The minimum Gasteiger partial charge on any atom is -0.461 e. The van der Waals surface area contributed by atoms with E-state index >= 15 is 0 Å². The number of carbonyl (C=O) groups excluding carboxylic acids is 2. The van der Waals surface area contributed by atoms with Gasteiger partial charge in [0.1, 0.15) is 23.9 Å². The average Bonchev–Trinajstić information content (AvgIpc) is 3.70. The molecule has 2 N–H and O–H groups in total. The Hall–Kier alpha value is -4.48. The number of H-pyrrole nitrogens is 1. The van der Waals surface area contributed by atoms with Gasteiger partial charge in [-0.3, -0.25) is 14.6 Å². The molecule has 5 aromatic rings. The summed E-state index contributed by atoms with van der Waals surface area (Å²) < 4.78 is 19.3. The van der Waals surface area contributed by atoms with Gasteiger partial charge in [-0.1, -0.05) is 42.5 Å². The second kappa shape index (κ2) is 15.8. The van der Waals surface area contributed by atoms with E-state index in [0.29, 0.717) is 18.5 Å². The molecule has 11 heteroatoms. The predicted molar refractivity (Wildman–Crippen MR) is 168 cm³/mol. The Morgan fingerprint density at radius 2 is 1.75 bits per heavy atom. The van der Waals surface area contributed by atoms with Crippen molar-refractivity contribution in [2.45, 2.75) is 45.3 Å². The van der Waals surface area contributed by atoms with E-state index in [4.69, 9.17) is 9.72 Å². The first-order valence-electron chi connectivity index (χ1n) is 14.7. The van der Waals surface area contributed by atoms with Crippen LogP contribution in [0.4, 0.5) is 4.39 Å². The van der Waals surface area contributed by atoms with Gasteiger partial charge in [0.15, 0.2) is 0 Å². The van der Waals surface area contributed by atoms with Crippen LogP contribution in [0.15, 0.2) is 78.3 Å². The van der Waals surface area contributed by atoms with Gasteiger partial charge in [-0.05, 0) is 49.2 Å². The summed E-state index contributed by atoms with van der Waals surface area (Å²) in [4.78, 5) is 43.8. The first kappa shape index (κ1) is 31.0. The number of unbranched alkanes of at least 4 members (excludes halogenated alkanes) is 1. The number of hydrogen-bond donors (Lipinski definition) is 2. The zero-order valence-corrected chi connectivity index (χ0v) is 25.2. The standard InChI is InChI=1S/C33H35FN6O3S/c34-25-11-8-17-35-28(25)21-36-33(42)29-23-44-31(39-29)16-20-40(19-15-30-37-26-12-4-5-13-27(26)38-30)18-7-6-14-32(41)43-22-24-9-2-1-3-10-24/h1-5,8-13,17,23H,6-7,14-16,18-22H2,(H,36,42)(H,37,38). The molecule has 0 aliphatic rings. The Balaban J connectivity index is 1.11. The lowest BCUT2D eigenvalue weighted by molar-refractivity contribution is -0.145. The first-order chi connectivity index (χ1) is 21.5. The lowest BCUT2D eigenvalue weighted by atomic mass is 10.2. The molecule has 2 aromatic carbocycles. The normalized spacial score (nSPS) is 11.2. The number of fused-ring (bicyclic) bond motifs is 1. The second-order valence-corrected chi connectivity index (χ2v) is 11.3. The van der Waals surface area contributed by atoms with Gasteiger partial charge >= 0.3 is 5.97 Å². The number of carbonyl (C=O) groups is 2. The molecule has 0 aliphatic heterocycles. The number of thiazole rings is 1. The molecule has 228 valence electrons. The molecular weight excluding hydrogens is 579 g/mol. The van der Waals surface area contributed by atoms with Crippen molar-refractivity contribution in [3.8, 4) is 0 Å². The van der Waals surface area contributed by atoms with Gasteiger partial charge in [-0.15, -0.1) is 11.3 Å². The number of nitrogens with one attached hydrogen (secondary N) is 2. The highest BCUT2D eigenvalue weighted by Crippen LogP contribution is 2.14. The number of para-hydroxylation sites is 2. The molecule has 3 aromatic heterocycles. The summed E-state index contributed by atoms with van der Waals surface area (Å²) >= 11 is 1.43. The fourth-order valence-electron chi connectivity index (χ4n) is 4.73. The predicted octanol–water partition coefficient (Wildman–Crippen LogP) is 5.48. The number of nitrogens with zero attached hydrogens (tertiary/aromatic N) is 4. The number of rotatable bonds is 16. The Morgan fingerprint density at radius 1 is 0.932 bits per heavy atom. The average molecular weight is 615 g/mol. The summed E-state index contributed by atoms with van der Waals surface area (Å²) in [6.07, 6.45) is 4.86. The highest BCUT2D eigenvalue weighted by atomic mass is 32.1. The lowest BCUT2D eigenvalue weighted by Gasteiger charge is -2.21. The van der Waals surface area contributed by atoms with Gasteiger partial charge in [-0.2, -0.15) is 0 Å². The van der Waals surface area contributed by atoms with Gasteiger partial charge in [-0.25, -0.2) is 14.4 Å². The molecule has 1 amide bonds. The zero-order chi connectivity index (χ0) is 30.6. The van der Waals surface area contributed by atoms with Gasteiger partial charge < -0.3 is 19.9 Å². The minimum atomic E-state index is -0.460. The van der Waals surface area contributed by atoms with Crippen LogP contribution in [0.25, 0.3) is 11.0 Å². The topological polar surface area (TPSA) is 113 Å². The third-order valence-electron chi connectivity index (χ3n) is 7.13. The Labute approximate surface area is 259 Å². The van der Waals surface area contributed by atoms with Gasteiger partial charge in [0, 0.05) is 43.9 Å². The molecule has 0 aliphatic carbocycles. The number of ether oxygens (including phenoxy) is 1. The zero-order valence-electron chi connectivity index (χ0n) is 24.4. The lowest BCUT2D eigenvalue weighted by Crippen LogP contribution is -2.30. The molecule has 0 fully saturated rings. The van der Waals surface area contributed by atoms with E-state index in [1.54, 1.807) is 5.38 Å². The Bertz CT molecular complexity index is 1620. The number of pyridine rings is 1. The van der Waals surface area contributed by atoms with Crippen LogP contribution in [-0.4, -0.2) is 56.3 Å². The van der Waals surface area contributed by atoms with E-state index in [9.17, 15) is 14.0 Å². The van der Waals surface area contributed by atoms with Gasteiger partial charge in [0.25, 0.3) is 5.91 Å². The van der Waals surface area contributed by atoms with Crippen molar-refractivity contribution in [3.05, 3.63) is 112 Å². The summed E-state index contributed by atoms with van der Waals surface area (Å²) in [6.45, 7) is 2.62. The molecule has 0 bridgehead atoms. The quantitative estimate of drug-likeness (QED) is 0.112. The fraction of sp³-hybridized carbons (Fsp3) is 0.303. The van der Waals surface area contributed by atoms with E-state index < -0.39 is 5.82 Å². The maximum atomic E-state index is 13.8. The number of benzene rings is 2. The van der Waals surface area contributed by atoms with E-state index in [2.05, 4.69) is 25.2 Å². The highest BCUT2D eigenvalue weighted by Gasteiger charge is 2.14. The van der Waals surface area contributed by atoms with Gasteiger partial charge in [0.05, 0.1) is 28.3 Å². The molecule has 0 atom stereocenters. The van der Waals surface area contributed by atoms with E-state index in [-0.39, 0.29) is 30.7 Å². The number of amides is 1. The number of aromatic nitrogens is 4. The maximum absolute atomic E-state index is 13.8. The summed E-state index contributed by atoms with van der Waals surface area (Å²) in [6, 6.07) is 20.5. The molecule has 3 heterocycles. The number of imidazole rings is 1. The fourth-order valence-corrected chi connectivity index (χ4v) is 5.49. The molecule has 0 radical (unpaired) electrons. The number of halogens is 1. The van der Waals surface area contributed by atoms with Crippen molar-refractivity contribution in [3.63, 3.8) is 0 Å². The molecule has 0 unspecified atom stereocenters. The molecule has 0 spiro atoms. The molecular formula is C33H35FN6O3S. The van der Waals surface area contributed by atoms with Crippen molar-refractivity contribution in [1.82, 2.24) is 30.2 Å².